The van der Waals surface area contributed by atoms with E-state index in [0.29, 0.717) is 0 Å². The summed E-state index contributed by atoms with van der Waals surface area (Å²) in [5.41, 5.74) is 0. The Hall–Kier alpha value is -0.120. The Labute approximate surface area is 152 Å². The molecule has 22 heavy (non-hydrogen) atoms. The molecule has 0 aromatic carbocycles. The van der Waals surface area contributed by atoms with Crippen LogP contribution in [0.4, 0.5) is 0 Å². The van der Waals surface area contributed by atoms with Crippen LogP contribution < -0.4 is 10.6 Å². The fourth-order valence-electron chi connectivity index (χ4n) is 2.39. The minimum Gasteiger partial charge on any atom is -0.393 e. The first-order valence-electron chi connectivity index (χ1n) is 8.17. The first-order valence-corrected chi connectivity index (χ1v) is 8.17. The number of hydrogen-bond donors (Lipinski definition) is 3. The van der Waals surface area contributed by atoms with Crippen LogP contribution in [0.5, 0.6) is 0 Å². The largest absolute Gasteiger partial charge is 0.393 e. The molecule has 0 atom stereocenters. The van der Waals surface area contributed by atoms with E-state index in [0.717, 1.165) is 77.5 Å². The van der Waals surface area contributed by atoms with Crippen LogP contribution >= 0.6 is 24.0 Å². The standard InChI is InChI=1S/C15H32N4O2.HI/c1-3-16-15(18-9-5-13-21-2)17-8-4-10-19-11-6-14(20)7-12-19;/h14,20H,3-13H2,1-2H3,(H2,16,17,18);1H. The zero-order valence-corrected chi connectivity index (χ0v) is 16.3. The Bertz CT molecular complexity index is 285. The molecule has 7 heteroatoms. The number of halogens is 1. The monoisotopic (exact) mass is 428 g/mol. The molecule has 0 aromatic rings. The molecule has 1 fully saturated rings. The number of ether oxygens (including phenoxy) is 1. The summed E-state index contributed by atoms with van der Waals surface area (Å²) in [7, 11) is 1.72. The van der Waals surface area contributed by atoms with Crippen LogP contribution in [0.1, 0.15) is 32.6 Å². The van der Waals surface area contributed by atoms with Gasteiger partial charge in [0.15, 0.2) is 5.96 Å². The molecule has 1 aliphatic rings. The van der Waals surface area contributed by atoms with Crippen molar-refractivity contribution >= 4 is 29.9 Å². The van der Waals surface area contributed by atoms with Crippen molar-refractivity contribution in [2.75, 3.05) is 53.0 Å². The molecule has 0 radical (unpaired) electrons. The van der Waals surface area contributed by atoms with E-state index in [9.17, 15) is 5.11 Å². The molecule has 0 bridgehead atoms. The lowest BCUT2D eigenvalue weighted by Crippen LogP contribution is -2.40. The fourth-order valence-corrected chi connectivity index (χ4v) is 2.39. The lowest BCUT2D eigenvalue weighted by Gasteiger charge is -2.29. The third kappa shape index (κ3) is 10.6. The maximum Gasteiger partial charge on any atom is 0.191 e. The highest BCUT2D eigenvalue weighted by Gasteiger charge is 2.15. The summed E-state index contributed by atoms with van der Waals surface area (Å²) in [6.07, 6.45) is 3.79. The van der Waals surface area contributed by atoms with Crippen molar-refractivity contribution in [2.24, 2.45) is 4.99 Å². The van der Waals surface area contributed by atoms with Gasteiger partial charge >= 0.3 is 0 Å². The molecule has 0 aromatic heterocycles. The van der Waals surface area contributed by atoms with Crippen molar-refractivity contribution in [2.45, 2.75) is 38.7 Å². The minimum absolute atomic E-state index is 0. The lowest BCUT2D eigenvalue weighted by atomic mass is 10.1. The van der Waals surface area contributed by atoms with Crippen molar-refractivity contribution in [3.63, 3.8) is 0 Å². The van der Waals surface area contributed by atoms with Gasteiger partial charge in [-0.3, -0.25) is 4.99 Å². The summed E-state index contributed by atoms with van der Waals surface area (Å²) >= 11 is 0. The fraction of sp³-hybridized carbons (Fsp3) is 0.933. The molecule has 6 nitrogen and oxygen atoms in total. The number of nitrogens with one attached hydrogen (secondary N) is 2. The number of nitrogens with zero attached hydrogens (tertiary/aromatic N) is 2. The predicted octanol–water partition coefficient (Wildman–Crippen LogP) is 1.04. The second-order valence-electron chi connectivity index (χ2n) is 5.46. The SMILES string of the molecule is CCNC(=NCCCOC)NCCCN1CCC(O)CC1.I. The molecule has 0 unspecified atom stereocenters. The highest BCUT2D eigenvalue weighted by atomic mass is 127. The van der Waals surface area contributed by atoms with Crippen molar-refractivity contribution in [3.05, 3.63) is 0 Å². The highest BCUT2D eigenvalue weighted by molar-refractivity contribution is 14.0. The van der Waals surface area contributed by atoms with Crippen LogP contribution in [-0.2, 0) is 4.74 Å². The van der Waals surface area contributed by atoms with Gasteiger partial charge in [-0.15, -0.1) is 24.0 Å². The number of likely N-dealkylation sites (tertiary alicyclic amines) is 1. The Kier molecular flexibility index (Phi) is 14.4. The van der Waals surface area contributed by atoms with E-state index >= 15 is 0 Å². The second-order valence-corrected chi connectivity index (χ2v) is 5.46. The molecule has 1 saturated heterocycles. The average molecular weight is 428 g/mol. The van der Waals surface area contributed by atoms with Crippen LogP contribution in [0.15, 0.2) is 4.99 Å². The summed E-state index contributed by atoms with van der Waals surface area (Å²) in [6, 6.07) is 0. The first kappa shape index (κ1) is 21.9. The molecule has 0 amide bonds. The van der Waals surface area contributed by atoms with Crippen LogP contribution in [0.25, 0.3) is 0 Å². The van der Waals surface area contributed by atoms with Gasteiger partial charge < -0.3 is 25.4 Å². The molecule has 1 rings (SSSR count). The topological polar surface area (TPSA) is 69.1 Å². The number of aliphatic hydroxyl groups is 1. The van der Waals surface area contributed by atoms with Crippen molar-refractivity contribution in [1.29, 1.82) is 0 Å². The van der Waals surface area contributed by atoms with Crippen LogP contribution in [0.2, 0.25) is 0 Å². The Balaban J connectivity index is 0.00000441. The molecule has 1 aliphatic heterocycles. The van der Waals surface area contributed by atoms with Gasteiger partial charge in [-0.25, -0.2) is 0 Å². The molecule has 0 spiro atoms. The number of hydrogen-bond acceptors (Lipinski definition) is 4. The van der Waals surface area contributed by atoms with Gasteiger partial charge in [0, 0.05) is 46.4 Å². The number of aliphatic hydroxyl groups excluding tert-OH is 1. The Morgan fingerprint density at radius 2 is 2.00 bits per heavy atom. The van der Waals surface area contributed by atoms with E-state index in [-0.39, 0.29) is 30.1 Å². The van der Waals surface area contributed by atoms with E-state index < -0.39 is 0 Å². The van der Waals surface area contributed by atoms with Crippen LogP contribution in [0.3, 0.4) is 0 Å². The van der Waals surface area contributed by atoms with Crippen LogP contribution in [-0.4, -0.2) is 75.1 Å². The molecule has 132 valence electrons. The normalized spacial score (nSPS) is 17.1. The van der Waals surface area contributed by atoms with Crippen LogP contribution in [0, 0.1) is 0 Å². The zero-order valence-electron chi connectivity index (χ0n) is 14.0. The molecule has 0 aliphatic carbocycles. The average Bonchev–Trinajstić information content (AvgIpc) is 2.49. The molecule has 1 heterocycles. The maximum atomic E-state index is 9.48. The van der Waals surface area contributed by atoms with Gasteiger partial charge in [-0.05, 0) is 39.2 Å². The van der Waals surface area contributed by atoms with E-state index in [2.05, 4.69) is 27.4 Å². The summed E-state index contributed by atoms with van der Waals surface area (Å²) in [6.45, 7) is 8.54. The van der Waals surface area contributed by atoms with Crippen molar-refractivity contribution in [3.8, 4) is 0 Å². The molecular formula is C15H33IN4O2. The van der Waals surface area contributed by atoms with E-state index in [1.807, 2.05) is 0 Å². The summed E-state index contributed by atoms with van der Waals surface area (Å²) in [4.78, 5) is 6.94. The van der Waals surface area contributed by atoms with Gasteiger partial charge in [0.25, 0.3) is 0 Å². The van der Waals surface area contributed by atoms with Gasteiger partial charge in [-0.1, -0.05) is 0 Å². The smallest absolute Gasteiger partial charge is 0.191 e. The van der Waals surface area contributed by atoms with Gasteiger partial charge in [0.1, 0.15) is 0 Å². The predicted molar refractivity (Wildman–Crippen MR) is 102 cm³/mol. The van der Waals surface area contributed by atoms with E-state index in [1.165, 1.54) is 0 Å². The second kappa shape index (κ2) is 14.5. The van der Waals surface area contributed by atoms with E-state index in [4.69, 9.17) is 4.74 Å². The van der Waals surface area contributed by atoms with Crippen molar-refractivity contribution < 1.29 is 9.84 Å². The number of piperidine rings is 1. The molecular weight excluding hydrogens is 395 g/mol. The number of methoxy groups -OCH3 is 1. The van der Waals surface area contributed by atoms with Gasteiger partial charge in [0.2, 0.25) is 0 Å². The molecule has 3 N–H and O–H groups in total. The summed E-state index contributed by atoms with van der Waals surface area (Å²) < 4.78 is 5.02. The zero-order chi connectivity index (χ0) is 15.3. The minimum atomic E-state index is -0.0843. The highest BCUT2D eigenvalue weighted by Crippen LogP contribution is 2.09. The van der Waals surface area contributed by atoms with Crippen molar-refractivity contribution in [1.82, 2.24) is 15.5 Å². The maximum absolute atomic E-state index is 9.48. The summed E-state index contributed by atoms with van der Waals surface area (Å²) in [5, 5.41) is 16.1. The van der Waals surface area contributed by atoms with E-state index in [1.54, 1.807) is 7.11 Å². The third-order valence-corrected chi connectivity index (χ3v) is 3.62. The lowest BCUT2D eigenvalue weighted by molar-refractivity contribution is 0.0823. The Morgan fingerprint density at radius 1 is 1.27 bits per heavy atom. The first-order chi connectivity index (χ1) is 10.3. The third-order valence-electron chi connectivity index (χ3n) is 3.62. The van der Waals surface area contributed by atoms with Gasteiger partial charge in [0.05, 0.1) is 6.10 Å². The molecule has 0 saturated carbocycles. The van der Waals surface area contributed by atoms with Gasteiger partial charge in [-0.2, -0.15) is 0 Å². The Morgan fingerprint density at radius 3 is 2.64 bits per heavy atom. The number of rotatable bonds is 9. The number of aliphatic imine (C=N–C) groups is 1. The quantitative estimate of drug-likeness (QED) is 0.222. The number of guanidine groups is 1. The summed E-state index contributed by atoms with van der Waals surface area (Å²) in [5.74, 6) is 0.891.